The molecule has 0 aromatic heterocycles. The van der Waals surface area contributed by atoms with Crippen LogP contribution in [0.1, 0.15) is 19.3 Å². The van der Waals surface area contributed by atoms with Crippen molar-refractivity contribution in [1.82, 2.24) is 0 Å². The van der Waals surface area contributed by atoms with Crippen molar-refractivity contribution in [3.63, 3.8) is 0 Å². The van der Waals surface area contributed by atoms with Gasteiger partial charge in [0.2, 0.25) is 0 Å². The molecule has 1 unspecified atom stereocenters. The van der Waals surface area contributed by atoms with E-state index in [1.54, 1.807) is 0 Å². The molecule has 1 saturated carbocycles. The zero-order valence-electron chi connectivity index (χ0n) is 6.65. The second-order valence-corrected chi connectivity index (χ2v) is 7.45. The lowest BCUT2D eigenvalue weighted by atomic mass is 9.87. The molecule has 0 saturated heterocycles. The van der Waals surface area contributed by atoms with E-state index in [1.807, 2.05) is 0 Å². The van der Waals surface area contributed by atoms with Crippen molar-refractivity contribution >= 4 is 63.7 Å². The predicted molar refractivity (Wildman–Crippen MR) is 69.3 cm³/mol. The lowest BCUT2D eigenvalue weighted by molar-refractivity contribution is 0.383. The Bertz CT molecular complexity index is 139. The molecule has 0 radical (unpaired) electrons. The molecule has 0 amide bonds. The Morgan fingerprint density at radius 1 is 1.17 bits per heavy atom. The summed E-state index contributed by atoms with van der Waals surface area (Å²) < 4.78 is 0. The van der Waals surface area contributed by atoms with Gasteiger partial charge in [-0.15, -0.1) is 0 Å². The van der Waals surface area contributed by atoms with Gasteiger partial charge in [-0.05, 0) is 25.2 Å². The van der Waals surface area contributed by atoms with E-state index in [0.717, 1.165) is 11.2 Å². The fourth-order valence-corrected chi connectivity index (χ4v) is 3.80. The first-order valence-electron chi connectivity index (χ1n) is 4.13. The summed E-state index contributed by atoms with van der Waals surface area (Å²) in [6, 6.07) is 0. The zero-order valence-corrected chi connectivity index (χ0v) is 13.0. The van der Waals surface area contributed by atoms with E-state index in [1.165, 1.54) is 19.3 Å². The van der Waals surface area contributed by atoms with Gasteiger partial charge in [-0.25, -0.2) is 0 Å². The van der Waals surface area contributed by atoms with Crippen LogP contribution in [0.3, 0.4) is 0 Å². The molecule has 1 rings (SSSR count). The van der Waals surface area contributed by atoms with Crippen LogP contribution in [0.15, 0.2) is 0 Å². The van der Waals surface area contributed by atoms with E-state index in [-0.39, 0.29) is 0 Å². The highest BCUT2D eigenvalue weighted by atomic mass is 79.9. The number of hydrogen-bond donors (Lipinski definition) is 0. The van der Waals surface area contributed by atoms with Gasteiger partial charge in [0.05, 0.1) is 0 Å². The highest BCUT2D eigenvalue weighted by Gasteiger charge is 2.30. The summed E-state index contributed by atoms with van der Waals surface area (Å²) in [4.78, 5) is 1.96. The molecule has 0 heterocycles. The summed E-state index contributed by atoms with van der Waals surface area (Å²) in [5, 5.41) is 1.06. The van der Waals surface area contributed by atoms with Gasteiger partial charge < -0.3 is 0 Å². The molecule has 12 heavy (non-hydrogen) atoms. The minimum absolute atomic E-state index is 0.637. The van der Waals surface area contributed by atoms with E-state index >= 15 is 0 Å². The van der Waals surface area contributed by atoms with Crippen molar-refractivity contribution in [2.45, 2.75) is 33.7 Å². The summed E-state index contributed by atoms with van der Waals surface area (Å²) >= 11 is 14.6. The van der Waals surface area contributed by atoms with Gasteiger partial charge in [0.1, 0.15) is 0 Å². The molecule has 0 nitrogen and oxygen atoms in total. The molecule has 1 aliphatic rings. The van der Waals surface area contributed by atoms with Crippen molar-refractivity contribution in [2.24, 2.45) is 5.92 Å². The first-order chi connectivity index (χ1) is 5.65. The summed E-state index contributed by atoms with van der Waals surface area (Å²) in [6.45, 7) is 0. The second-order valence-electron chi connectivity index (χ2n) is 3.28. The molecule has 4 atom stereocenters. The standard InChI is InChI=1S/C8H12Br4/c9-4-8(12)5-1-2-6(10)7(11)3-5/h5-8H,1-4H2/t5-,6+,7-,8?/m1/s1. The fourth-order valence-electron chi connectivity index (χ4n) is 1.56. The molecular formula is C8H12Br4. The monoisotopic (exact) mass is 424 g/mol. The Balaban J connectivity index is 2.39. The molecule has 0 aromatic rings. The van der Waals surface area contributed by atoms with Crippen LogP contribution in [0.4, 0.5) is 0 Å². The van der Waals surface area contributed by atoms with Gasteiger partial charge in [0.25, 0.3) is 0 Å². The SMILES string of the molecule is BrCC(Br)[C@@H]1CC[C@H](Br)[C@H](Br)C1. The first kappa shape index (κ1) is 12.0. The molecule has 72 valence electrons. The van der Waals surface area contributed by atoms with Crippen molar-refractivity contribution in [3.05, 3.63) is 0 Å². The maximum atomic E-state index is 3.71. The normalized spacial score (nSPS) is 39.5. The van der Waals surface area contributed by atoms with Crippen LogP contribution < -0.4 is 0 Å². The average Bonchev–Trinajstić information content (AvgIpc) is 2.08. The third kappa shape index (κ3) is 3.25. The van der Waals surface area contributed by atoms with E-state index in [0.29, 0.717) is 14.5 Å². The predicted octanol–water partition coefficient (Wildman–Crippen LogP) is 4.47. The molecule has 0 aromatic carbocycles. The molecule has 1 fully saturated rings. The molecule has 0 bridgehead atoms. The fraction of sp³-hybridized carbons (Fsp3) is 1.00. The van der Waals surface area contributed by atoms with E-state index in [9.17, 15) is 0 Å². The lowest BCUT2D eigenvalue weighted by Crippen LogP contribution is -2.30. The summed E-state index contributed by atoms with van der Waals surface area (Å²) in [6.07, 6.45) is 3.90. The summed E-state index contributed by atoms with van der Waals surface area (Å²) in [7, 11) is 0. The Hall–Kier alpha value is 1.92. The second kappa shape index (κ2) is 5.72. The van der Waals surface area contributed by atoms with Crippen LogP contribution in [0.2, 0.25) is 0 Å². The van der Waals surface area contributed by atoms with E-state index in [4.69, 9.17) is 0 Å². The van der Waals surface area contributed by atoms with Gasteiger partial charge in [-0.1, -0.05) is 63.7 Å². The number of rotatable bonds is 2. The maximum absolute atomic E-state index is 3.71. The van der Waals surface area contributed by atoms with Gasteiger partial charge in [0, 0.05) is 19.8 Å². The van der Waals surface area contributed by atoms with Crippen molar-refractivity contribution < 1.29 is 0 Å². The van der Waals surface area contributed by atoms with Gasteiger partial charge in [0.15, 0.2) is 0 Å². The van der Waals surface area contributed by atoms with E-state index in [2.05, 4.69) is 63.7 Å². The largest absolute Gasteiger partial charge is 0.0916 e. The minimum atomic E-state index is 0.637. The maximum Gasteiger partial charge on any atom is 0.0274 e. The van der Waals surface area contributed by atoms with Crippen LogP contribution in [0.5, 0.6) is 0 Å². The Morgan fingerprint density at radius 2 is 1.83 bits per heavy atom. The number of halogens is 4. The van der Waals surface area contributed by atoms with E-state index < -0.39 is 0 Å². The molecule has 0 spiro atoms. The highest BCUT2D eigenvalue weighted by Crippen LogP contribution is 2.37. The topological polar surface area (TPSA) is 0 Å². The van der Waals surface area contributed by atoms with Crippen LogP contribution in [0, 0.1) is 5.92 Å². The quantitative estimate of drug-likeness (QED) is 0.570. The van der Waals surface area contributed by atoms with Crippen LogP contribution in [0.25, 0.3) is 0 Å². The van der Waals surface area contributed by atoms with Gasteiger partial charge in [-0.2, -0.15) is 0 Å². The molecular weight excluding hydrogens is 416 g/mol. The number of hydrogen-bond acceptors (Lipinski definition) is 0. The van der Waals surface area contributed by atoms with Crippen LogP contribution in [-0.2, 0) is 0 Å². The molecule has 4 heteroatoms. The summed E-state index contributed by atoms with van der Waals surface area (Å²) in [5.74, 6) is 0.822. The zero-order chi connectivity index (χ0) is 9.14. The Morgan fingerprint density at radius 3 is 2.33 bits per heavy atom. The Labute approximate surface area is 108 Å². The molecule has 1 aliphatic carbocycles. The van der Waals surface area contributed by atoms with Gasteiger partial charge >= 0.3 is 0 Å². The first-order valence-corrected chi connectivity index (χ1v) is 8.00. The molecule has 0 aliphatic heterocycles. The highest BCUT2D eigenvalue weighted by molar-refractivity contribution is 9.12. The third-order valence-electron chi connectivity index (χ3n) is 2.39. The lowest BCUT2D eigenvalue weighted by Gasteiger charge is -2.32. The summed E-state index contributed by atoms with van der Waals surface area (Å²) in [5.41, 5.74) is 0. The third-order valence-corrected chi connectivity index (χ3v) is 7.85. The average molecular weight is 428 g/mol. The van der Waals surface area contributed by atoms with Crippen molar-refractivity contribution in [2.75, 3.05) is 5.33 Å². The smallest absolute Gasteiger partial charge is 0.0274 e. The van der Waals surface area contributed by atoms with Crippen LogP contribution >= 0.6 is 63.7 Å². The van der Waals surface area contributed by atoms with Crippen molar-refractivity contribution in [3.8, 4) is 0 Å². The minimum Gasteiger partial charge on any atom is -0.0916 e. The van der Waals surface area contributed by atoms with Crippen LogP contribution in [-0.4, -0.2) is 19.8 Å². The molecule has 0 N–H and O–H groups in total. The number of alkyl halides is 4. The van der Waals surface area contributed by atoms with Gasteiger partial charge in [-0.3, -0.25) is 0 Å². The van der Waals surface area contributed by atoms with Crippen molar-refractivity contribution in [1.29, 1.82) is 0 Å². The Kier molecular flexibility index (Phi) is 5.71.